The summed E-state index contributed by atoms with van der Waals surface area (Å²) >= 11 is 0. The molecule has 0 spiro atoms. The van der Waals surface area contributed by atoms with Gasteiger partial charge in [0.05, 0.1) is 0 Å². The van der Waals surface area contributed by atoms with Crippen LogP contribution in [-0.2, 0) is 6.54 Å². The number of benzene rings is 1. The van der Waals surface area contributed by atoms with Gasteiger partial charge in [-0.3, -0.25) is 0 Å². The molecule has 2 rings (SSSR count). The topological polar surface area (TPSA) is 21.7 Å². The van der Waals surface area contributed by atoms with Gasteiger partial charge in [-0.1, -0.05) is 38.0 Å². The minimum atomic E-state index is 0. The molecule has 0 bridgehead atoms. The van der Waals surface area contributed by atoms with E-state index < -0.39 is 0 Å². The Balaban J connectivity index is 0.00000144. The Labute approximate surface area is 113 Å². The van der Waals surface area contributed by atoms with Crippen molar-refractivity contribution in [3.8, 4) is 5.69 Å². The van der Waals surface area contributed by atoms with Crippen LogP contribution in [0.3, 0.4) is 0 Å². The Hall–Kier alpha value is -1.16. The van der Waals surface area contributed by atoms with Gasteiger partial charge in [0.2, 0.25) is 6.33 Å². The standard InChI is InChI=1S/C13H18N3.BrH/c1-2-3-7-10-16-12-15(11-14-16)13-8-5-4-6-9-13;/h4-6,8-9,11-12H,2-3,7,10H2,1H3;1H/q+1;. The summed E-state index contributed by atoms with van der Waals surface area (Å²) < 4.78 is 4.05. The van der Waals surface area contributed by atoms with E-state index >= 15 is 0 Å². The first-order valence-electron chi connectivity index (χ1n) is 5.89. The largest absolute Gasteiger partial charge is 0.270 e. The zero-order valence-corrected chi connectivity index (χ0v) is 11.8. The fourth-order valence-electron chi connectivity index (χ4n) is 1.70. The zero-order chi connectivity index (χ0) is 11.2. The summed E-state index contributed by atoms with van der Waals surface area (Å²) in [6.07, 6.45) is 7.63. The highest BCUT2D eigenvalue weighted by Gasteiger charge is 2.06. The maximum atomic E-state index is 4.34. The second kappa shape index (κ2) is 7.22. The highest BCUT2D eigenvalue weighted by molar-refractivity contribution is 8.93. The molecular weight excluding hydrogens is 278 g/mol. The van der Waals surface area contributed by atoms with E-state index in [0.717, 1.165) is 12.2 Å². The lowest BCUT2D eigenvalue weighted by Gasteiger charge is -1.94. The first-order chi connectivity index (χ1) is 7.90. The van der Waals surface area contributed by atoms with Gasteiger partial charge < -0.3 is 0 Å². The highest BCUT2D eigenvalue weighted by atomic mass is 79.9. The number of aryl methyl sites for hydroxylation is 1. The highest BCUT2D eigenvalue weighted by Crippen LogP contribution is 1.99. The van der Waals surface area contributed by atoms with Crippen LogP contribution in [0.5, 0.6) is 0 Å². The normalized spacial score (nSPS) is 9.94. The quantitative estimate of drug-likeness (QED) is 0.614. The van der Waals surface area contributed by atoms with Crippen LogP contribution in [0.15, 0.2) is 43.0 Å². The SMILES string of the molecule is Br.CCCCCn1c[n+](-c2ccccc2)cn1. The summed E-state index contributed by atoms with van der Waals surface area (Å²) in [6, 6.07) is 10.3. The molecule has 0 saturated heterocycles. The molecular formula is C13H19BrN3+. The van der Waals surface area contributed by atoms with Crippen molar-refractivity contribution in [1.29, 1.82) is 0 Å². The third kappa shape index (κ3) is 3.97. The second-order valence-electron chi connectivity index (χ2n) is 3.96. The van der Waals surface area contributed by atoms with E-state index in [4.69, 9.17) is 0 Å². The van der Waals surface area contributed by atoms with Crippen LogP contribution >= 0.6 is 17.0 Å². The molecule has 0 radical (unpaired) electrons. The Morgan fingerprint density at radius 2 is 1.94 bits per heavy atom. The molecule has 0 aliphatic heterocycles. The lowest BCUT2D eigenvalue weighted by Crippen LogP contribution is -2.27. The molecule has 4 heteroatoms. The lowest BCUT2D eigenvalue weighted by molar-refractivity contribution is -0.596. The van der Waals surface area contributed by atoms with Crippen LogP contribution in [0.4, 0.5) is 0 Å². The van der Waals surface area contributed by atoms with Gasteiger partial charge in [-0.15, -0.1) is 21.7 Å². The monoisotopic (exact) mass is 296 g/mol. The Kier molecular flexibility index (Phi) is 5.91. The van der Waals surface area contributed by atoms with Gasteiger partial charge in [0.15, 0.2) is 0 Å². The third-order valence-electron chi connectivity index (χ3n) is 2.63. The fourth-order valence-corrected chi connectivity index (χ4v) is 1.70. The van der Waals surface area contributed by atoms with Crippen molar-refractivity contribution in [2.24, 2.45) is 0 Å². The summed E-state index contributed by atoms with van der Waals surface area (Å²) in [5.41, 5.74) is 1.16. The number of hydrogen-bond donors (Lipinski definition) is 0. The summed E-state index contributed by atoms with van der Waals surface area (Å²) in [5.74, 6) is 0. The average molecular weight is 297 g/mol. The van der Waals surface area contributed by atoms with Crippen LogP contribution in [0.2, 0.25) is 0 Å². The minimum absolute atomic E-state index is 0. The van der Waals surface area contributed by atoms with Crippen LogP contribution in [0.25, 0.3) is 5.69 Å². The molecule has 0 unspecified atom stereocenters. The number of aromatic nitrogens is 3. The number of nitrogens with zero attached hydrogens (tertiary/aromatic N) is 3. The molecule has 0 fully saturated rings. The van der Waals surface area contributed by atoms with Crippen molar-refractivity contribution in [2.45, 2.75) is 32.7 Å². The van der Waals surface area contributed by atoms with Crippen molar-refractivity contribution in [3.63, 3.8) is 0 Å². The molecule has 92 valence electrons. The van der Waals surface area contributed by atoms with E-state index in [2.05, 4.69) is 24.2 Å². The molecule has 1 aromatic carbocycles. The number of unbranched alkanes of at least 4 members (excludes halogenated alkanes) is 2. The smallest absolute Gasteiger partial charge is 0.203 e. The van der Waals surface area contributed by atoms with Crippen LogP contribution in [-0.4, -0.2) is 9.78 Å². The molecule has 0 atom stereocenters. The Bertz CT molecular complexity index is 425. The Morgan fingerprint density at radius 3 is 2.65 bits per heavy atom. The van der Waals surface area contributed by atoms with Crippen molar-refractivity contribution in [3.05, 3.63) is 43.0 Å². The molecule has 0 aliphatic rings. The van der Waals surface area contributed by atoms with Gasteiger partial charge in [0, 0.05) is 5.10 Å². The van der Waals surface area contributed by atoms with Gasteiger partial charge in [-0.25, -0.2) is 4.57 Å². The van der Waals surface area contributed by atoms with Gasteiger partial charge in [0.1, 0.15) is 12.2 Å². The predicted molar refractivity (Wildman–Crippen MR) is 73.6 cm³/mol. The first kappa shape index (κ1) is 13.9. The average Bonchev–Trinajstić information content (AvgIpc) is 2.79. The molecule has 1 aromatic heterocycles. The van der Waals surface area contributed by atoms with Crippen molar-refractivity contribution < 1.29 is 4.57 Å². The van der Waals surface area contributed by atoms with E-state index in [-0.39, 0.29) is 17.0 Å². The molecule has 0 N–H and O–H groups in total. The number of hydrogen-bond acceptors (Lipinski definition) is 1. The molecule has 3 nitrogen and oxygen atoms in total. The van der Waals surface area contributed by atoms with E-state index in [9.17, 15) is 0 Å². The van der Waals surface area contributed by atoms with E-state index in [0.29, 0.717) is 0 Å². The van der Waals surface area contributed by atoms with Gasteiger partial charge >= 0.3 is 0 Å². The third-order valence-corrected chi connectivity index (χ3v) is 2.63. The van der Waals surface area contributed by atoms with Crippen molar-refractivity contribution in [1.82, 2.24) is 9.78 Å². The lowest BCUT2D eigenvalue weighted by atomic mass is 10.2. The minimum Gasteiger partial charge on any atom is -0.203 e. The second-order valence-corrected chi connectivity index (χ2v) is 3.96. The maximum absolute atomic E-state index is 4.34. The van der Waals surface area contributed by atoms with Crippen LogP contribution in [0.1, 0.15) is 26.2 Å². The number of rotatable bonds is 5. The van der Waals surface area contributed by atoms with Crippen LogP contribution < -0.4 is 4.57 Å². The summed E-state index contributed by atoms with van der Waals surface area (Å²) in [7, 11) is 0. The van der Waals surface area contributed by atoms with Crippen LogP contribution in [0, 0.1) is 0 Å². The Morgan fingerprint density at radius 1 is 1.18 bits per heavy atom. The van der Waals surface area contributed by atoms with Gasteiger partial charge in [-0.2, -0.15) is 0 Å². The molecule has 0 amide bonds. The van der Waals surface area contributed by atoms with Crippen molar-refractivity contribution in [2.75, 3.05) is 0 Å². The number of halogens is 1. The fraction of sp³-hybridized carbons (Fsp3) is 0.385. The molecule has 2 aromatic rings. The van der Waals surface area contributed by atoms with E-state index in [1.807, 2.05) is 40.1 Å². The molecule has 0 saturated carbocycles. The van der Waals surface area contributed by atoms with Gasteiger partial charge in [-0.05, 0) is 18.6 Å². The predicted octanol–water partition coefficient (Wildman–Crippen LogP) is 2.93. The first-order valence-corrected chi connectivity index (χ1v) is 5.89. The summed E-state index contributed by atoms with van der Waals surface area (Å²) in [6.45, 7) is 3.22. The number of para-hydroxylation sites is 1. The summed E-state index contributed by atoms with van der Waals surface area (Å²) in [4.78, 5) is 0. The zero-order valence-electron chi connectivity index (χ0n) is 10.1. The van der Waals surface area contributed by atoms with Gasteiger partial charge in [0.25, 0.3) is 6.33 Å². The summed E-state index contributed by atoms with van der Waals surface area (Å²) in [5, 5.41) is 4.34. The molecule has 17 heavy (non-hydrogen) atoms. The molecule has 1 heterocycles. The maximum Gasteiger partial charge on any atom is 0.270 e. The van der Waals surface area contributed by atoms with Crippen molar-refractivity contribution >= 4 is 17.0 Å². The molecule has 0 aliphatic carbocycles. The van der Waals surface area contributed by atoms with E-state index in [1.54, 1.807) is 0 Å². The van der Waals surface area contributed by atoms with E-state index in [1.165, 1.54) is 19.3 Å².